The number of carbonyl (C=O) groups is 1. The number of nitrogens with one attached hydrogen (secondary N) is 1. The number of carboxylic acid groups (broad SMARTS) is 1. The highest BCUT2D eigenvalue weighted by Gasteiger charge is 2.23. The Labute approximate surface area is 128 Å². The molecule has 1 atom stereocenters. The third-order valence-corrected chi connectivity index (χ3v) is 3.37. The van der Waals surface area contributed by atoms with Crippen LogP contribution in [-0.2, 0) is 4.79 Å². The van der Waals surface area contributed by atoms with Crippen LogP contribution in [0.4, 0.5) is 14.5 Å². The molecule has 0 bridgehead atoms. The number of aliphatic carboxylic acids is 1. The summed E-state index contributed by atoms with van der Waals surface area (Å²) >= 11 is 3.11. The molecule has 2 aromatic rings. The fraction of sp³-hybridized carbons (Fsp3) is 0.133. The molecule has 0 saturated heterocycles. The molecule has 0 aliphatic carbocycles. The molecule has 1 unspecified atom stereocenters. The highest BCUT2D eigenvalue weighted by molar-refractivity contribution is 9.10. The lowest BCUT2D eigenvalue weighted by Crippen LogP contribution is -2.21. The molecular formula is C15H12BrF2NO2. The van der Waals surface area contributed by atoms with E-state index in [0.717, 1.165) is 0 Å². The smallest absolute Gasteiger partial charge is 0.330 e. The summed E-state index contributed by atoms with van der Waals surface area (Å²) in [5.41, 5.74) is 0.896. The molecule has 0 saturated carbocycles. The van der Waals surface area contributed by atoms with Crippen LogP contribution < -0.4 is 5.32 Å². The molecule has 2 rings (SSSR count). The van der Waals surface area contributed by atoms with Gasteiger partial charge in [-0.25, -0.2) is 13.6 Å². The van der Waals surface area contributed by atoms with Gasteiger partial charge in [0.2, 0.25) is 0 Å². The maximum atomic E-state index is 13.9. The van der Waals surface area contributed by atoms with E-state index in [1.54, 1.807) is 19.1 Å². The quantitative estimate of drug-likeness (QED) is 0.860. The molecule has 0 aliphatic rings. The van der Waals surface area contributed by atoms with Crippen LogP contribution in [0.3, 0.4) is 0 Å². The number of hydrogen-bond acceptors (Lipinski definition) is 2. The molecule has 0 aliphatic heterocycles. The summed E-state index contributed by atoms with van der Waals surface area (Å²) in [6.07, 6.45) is 0. The number of halogens is 3. The van der Waals surface area contributed by atoms with Crippen molar-refractivity contribution in [2.75, 3.05) is 5.32 Å². The van der Waals surface area contributed by atoms with Crippen molar-refractivity contribution in [3.63, 3.8) is 0 Å². The topological polar surface area (TPSA) is 49.3 Å². The molecule has 0 radical (unpaired) electrons. The van der Waals surface area contributed by atoms with Crippen LogP contribution in [0.15, 0.2) is 40.9 Å². The minimum absolute atomic E-state index is 0.0207. The standard InChI is InChI=1S/C15H12BrF2NO2/c1-8-4-10(17)7-11(5-8)19-14(15(20)21)12-3-2-9(16)6-13(12)18/h2-7,14,19H,1H3,(H,20,21). The van der Waals surface area contributed by atoms with Crippen LogP contribution in [0.5, 0.6) is 0 Å². The van der Waals surface area contributed by atoms with Gasteiger partial charge in [-0.05, 0) is 42.8 Å². The van der Waals surface area contributed by atoms with Gasteiger partial charge < -0.3 is 10.4 Å². The number of benzene rings is 2. The Morgan fingerprint density at radius 3 is 2.52 bits per heavy atom. The summed E-state index contributed by atoms with van der Waals surface area (Å²) in [5, 5.41) is 11.9. The van der Waals surface area contributed by atoms with Crippen molar-refractivity contribution >= 4 is 27.6 Å². The number of aryl methyl sites for hydroxylation is 1. The Bertz CT molecular complexity index is 671. The highest BCUT2D eigenvalue weighted by Crippen LogP contribution is 2.25. The van der Waals surface area contributed by atoms with Crippen molar-refractivity contribution in [1.82, 2.24) is 0 Å². The SMILES string of the molecule is Cc1cc(F)cc(NC(C(=O)O)c2ccc(Br)cc2F)c1. The van der Waals surface area contributed by atoms with Crippen molar-refractivity contribution < 1.29 is 18.7 Å². The summed E-state index contributed by atoms with van der Waals surface area (Å²) in [4.78, 5) is 11.4. The van der Waals surface area contributed by atoms with Gasteiger partial charge in [-0.1, -0.05) is 22.0 Å². The van der Waals surface area contributed by atoms with Crippen molar-refractivity contribution in [2.45, 2.75) is 13.0 Å². The Balaban J connectivity index is 2.37. The van der Waals surface area contributed by atoms with E-state index in [-0.39, 0.29) is 11.3 Å². The molecule has 2 N–H and O–H groups in total. The number of anilines is 1. The van der Waals surface area contributed by atoms with Gasteiger partial charge in [-0.3, -0.25) is 0 Å². The van der Waals surface area contributed by atoms with Gasteiger partial charge in [0.15, 0.2) is 6.04 Å². The average molecular weight is 356 g/mol. The van der Waals surface area contributed by atoms with Gasteiger partial charge in [0.25, 0.3) is 0 Å². The molecule has 2 aromatic carbocycles. The second kappa shape index (κ2) is 6.22. The maximum absolute atomic E-state index is 13.9. The molecule has 110 valence electrons. The monoisotopic (exact) mass is 355 g/mol. The fourth-order valence-electron chi connectivity index (χ4n) is 1.99. The lowest BCUT2D eigenvalue weighted by Gasteiger charge is -2.17. The molecule has 6 heteroatoms. The van der Waals surface area contributed by atoms with Crippen molar-refractivity contribution in [2.24, 2.45) is 0 Å². The van der Waals surface area contributed by atoms with Gasteiger partial charge in [0, 0.05) is 15.7 Å². The Morgan fingerprint density at radius 2 is 1.95 bits per heavy atom. The van der Waals surface area contributed by atoms with E-state index < -0.39 is 23.6 Å². The van der Waals surface area contributed by atoms with Crippen LogP contribution in [-0.4, -0.2) is 11.1 Å². The van der Waals surface area contributed by atoms with E-state index in [9.17, 15) is 18.7 Å². The molecule has 0 aromatic heterocycles. The van der Waals surface area contributed by atoms with Gasteiger partial charge in [-0.2, -0.15) is 0 Å². The molecule has 0 amide bonds. The van der Waals surface area contributed by atoms with Crippen molar-refractivity contribution in [1.29, 1.82) is 0 Å². The minimum Gasteiger partial charge on any atom is -0.479 e. The number of rotatable bonds is 4. The van der Waals surface area contributed by atoms with E-state index >= 15 is 0 Å². The van der Waals surface area contributed by atoms with E-state index in [4.69, 9.17) is 0 Å². The first kappa shape index (κ1) is 15.4. The predicted octanol–water partition coefficient (Wildman–Crippen LogP) is 4.27. The van der Waals surface area contributed by atoms with E-state index in [1.807, 2.05) is 0 Å². The third kappa shape index (κ3) is 3.78. The zero-order chi connectivity index (χ0) is 15.6. The largest absolute Gasteiger partial charge is 0.479 e. The number of carboxylic acids is 1. The zero-order valence-corrected chi connectivity index (χ0v) is 12.6. The van der Waals surface area contributed by atoms with Crippen LogP contribution in [0.1, 0.15) is 17.2 Å². The molecule has 21 heavy (non-hydrogen) atoms. The van der Waals surface area contributed by atoms with Crippen LogP contribution in [0, 0.1) is 18.6 Å². The summed E-state index contributed by atoms with van der Waals surface area (Å²) in [5.74, 6) is -2.39. The van der Waals surface area contributed by atoms with E-state index in [0.29, 0.717) is 10.0 Å². The van der Waals surface area contributed by atoms with Gasteiger partial charge in [0.1, 0.15) is 11.6 Å². The third-order valence-electron chi connectivity index (χ3n) is 2.87. The summed E-state index contributed by atoms with van der Waals surface area (Å²) in [7, 11) is 0. The Morgan fingerprint density at radius 1 is 1.24 bits per heavy atom. The first-order valence-electron chi connectivity index (χ1n) is 6.08. The minimum atomic E-state index is -1.31. The lowest BCUT2D eigenvalue weighted by atomic mass is 10.1. The molecular weight excluding hydrogens is 344 g/mol. The first-order valence-corrected chi connectivity index (χ1v) is 6.87. The summed E-state index contributed by atoms with van der Waals surface area (Å²) < 4.78 is 27.8. The van der Waals surface area contributed by atoms with Crippen LogP contribution in [0.2, 0.25) is 0 Å². The molecule has 3 nitrogen and oxygen atoms in total. The molecule has 0 fully saturated rings. The van der Waals surface area contributed by atoms with E-state index in [2.05, 4.69) is 21.2 Å². The lowest BCUT2D eigenvalue weighted by molar-refractivity contribution is -0.138. The second-order valence-corrected chi connectivity index (χ2v) is 5.51. The van der Waals surface area contributed by atoms with Crippen LogP contribution >= 0.6 is 15.9 Å². The molecule has 0 heterocycles. The maximum Gasteiger partial charge on any atom is 0.330 e. The van der Waals surface area contributed by atoms with Crippen LogP contribution in [0.25, 0.3) is 0 Å². The van der Waals surface area contributed by atoms with E-state index in [1.165, 1.54) is 24.3 Å². The Hall–Kier alpha value is -1.95. The van der Waals surface area contributed by atoms with Gasteiger partial charge in [-0.15, -0.1) is 0 Å². The fourth-order valence-corrected chi connectivity index (χ4v) is 2.33. The van der Waals surface area contributed by atoms with Crippen molar-refractivity contribution in [3.8, 4) is 0 Å². The predicted molar refractivity (Wildman–Crippen MR) is 79.2 cm³/mol. The summed E-state index contributed by atoms with van der Waals surface area (Å²) in [6, 6.07) is 6.88. The highest BCUT2D eigenvalue weighted by atomic mass is 79.9. The van der Waals surface area contributed by atoms with Gasteiger partial charge in [0.05, 0.1) is 0 Å². The van der Waals surface area contributed by atoms with Crippen molar-refractivity contribution in [3.05, 3.63) is 63.6 Å². The average Bonchev–Trinajstić information content (AvgIpc) is 2.35. The normalized spacial score (nSPS) is 12.0. The number of hydrogen-bond donors (Lipinski definition) is 2. The first-order chi connectivity index (χ1) is 9.86. The second-order valence-electron chi connectivity index (χ2n) is 4.60. The van der Waals surface area contributed by atoms with Gasteiger partial charge >= 0.3 is 5.97 Å². The summed E-state index contributed by atoms with van der Waals surface area (Å²) in [6.45, 7) is 1.68. The Kier molecular flexibility index (Phi) is 4.57. The molecule has 0 spiro atoms. The zero-order valence-electron chi connectivity index (χ0n) is 11.0.